The molecule has 8 aromatic carbocycles. The molecule has 0 aliphatic carbocycles. The number of hydrogen-bond donors (Lipinski definition) is 0. The summed E-state index contributed by atoms with van der Waals surface area (Å²) in [5.74, 6) is 0. The minimum atomic E-state index is 0.0922. The first-order valence-electron chi connectivity index (χ1n) is 17.1. The van der Waals surface area contributed by atoms with Crippen LogP contribution in [0.2, 0.25) is 0 Å². The topological polar surface area (TPSA) is 17.8 Å². The average molecular weight is 627 g/mol. The number of rotatable bonds is 3. The van der Waals surface area contributed by atoms with Gasteiger partial charge in [-0.2, -0.15) is 0 Å². The van der Waals surface area contributed by atoms with Crippen molar-refractivity contribution in [3.8, 4) is 28.1 Å². The summed E-state index contributed by atoms with van der Waals surface area (Å²) in [6.07, 6.45) is 0. The largest absolute Gasteiger partial charge is 0.309 e. The van der Waals surface area contributed by atoms with Crippen molar-refractivity contribution >= 4 is 65.0 Å². The van der Waals surface area contributed by atoms with Crippen LogP contribution in [0.4, 0.5) is 0 Å². The molecular formula is C47H34N2. The Morgan fingerprint density at radius 2 is 1.08 bits per heavy atom. The van der Waals surface area contributed by atoms with Gasteiger partial charge in [0.15, 0.2) is 0 Å². The van der Waals surface area contributed by atoms with Gasteiger partial charge in [-0.1, -0.05) is 136 Å². The van der Waals surface area contributed by atoms with E-state index in [-0.39, 0.29) is 5.41 Å². The van der Waals surface area contributed by atoms with Crippen molar-refractivity contribution in [1.82, 2.24) is 9.55 Å². The van der Waals surface area contributed by atoms with Crippen molar-refractivity contribution in [3.63, 3.8) is 0 Å². The molecule has 2 heterocycles. The van der Waals surface area contributed by atoms with Crippen molar-refractivity contribution < 1.29 is 0 Å². The summed E-state index contributed by atoms with van der Waals surface area (Å²) in [6.45, 7) is 6.89. The summed E-state index contributed by atoms with van der Waals surface area (Å²) >= 11 is 0. The number of nitrogens with zero attached hydrogens (tertiary/aromatic N) is 2. The van der Waals surface area contributed by atoms with Crippen LogP contribution >= 0.6 is 0 Å². The summed E-state index contributed by atoms with van der Waals surface area (Å²) in [5, 5.41) is 11.6. The van der Waals surface area contributed by atoms with E-state index in [9.17, 15) is 0 Å². The van der Waals surface area contributed by atoms with Gasteiger partial charge in [-0.15, -0.1) is 0 Å². The second kappa shape index (κ2) is 10.3. The number of aromatic nitrogens is 2. The standard InChI is InChI=1S/C47H34N2/c1-47(2,3)35-25-33-14-13-30-15-20-37(40-23-18-34(26-35)45(33)46(30)40)31-16-21-38-39-22-17-32(42-24-19-29-9-7-8-12-41(29)48-42)28-44(39)49(43(38)27-31)36-10-5-4-6-11-36/h4-28H,1-3H3. The van der Waals surface area contributed by atoms with E-state index in [4.69, 9.17) is 4.98 Å². The number of fused-ring (bicyclic) bond motifs is 4. The molecule has 0 saturated heterocycles. The lowest BCUT2D eigenvalue weighted by Gasteiger charge is -2.22. The maximum atomic E-state index is 5.03. The summed E-state index contributed by atoms with van der Waals surface area (Å²) in [5.41, 5.74) is 10.6. The monoisotopic (exact) mass is 626 g/mol. The highest BCUT2D eigenvalue weighted by Gasteiger charge is 2.19. The Kier molecular flexibility index (Phi) is 5.87. The van der Waals surface area contributed by atoms with Crippen molar-refractivity contribution in [2.45, 2.75) is 26.2 Å². The molecule has 0 spiro atoms. The Balaban J connectivity index is 1.21. The number of para-hydroxylation sites is 2. The molecule has 0 N–H and O–H groups in total. The molecule has 49 heavy (non-hydrogen) atoms. The molecule has 0 aliphatic heterocycles. The van der Waals surface area contributed by atoms with Gasteiger partial charge < -0.3 is 4.57 Å². The average Bonchev–Trinajstić information content (AvgIpc) is 3.46. The van der Waals surface area contributed by atoms with E-state index < -0.39 is 0 Å². The van der Waals surface area contributed by atoms with Crippen LogP contribution in [0.1, 0.15) is 26.3 Å². The smallest absolute Gasteiger partial charge is 0.0710 e. The van der Waals surface area contributed by atoms with Gasteiger partial charge in [-0.05, 0) is 90.8 Å². The van der Waals surface area contributed by atoms with Gasteiger partial charge in [0.05, 0.1) is 22.2 Å². The molecule has 0 saturated carbocycles. The van der Waals surface area contributed by atoms with E-state index in [1.807, 2.05) is 0 Å². The van der Waals surface area contributed by atoms with E-state index in [1.165, 1.54) is 70.8 Å². The predicted molar refractivity (Wildman–Crippen MR) is 209 cm³/mol. The first-order valence-corrected chi connectivity index (χ1v) is 17.1. The number of hydrogen-bond acceptors (Lipinski definition) is 1. The zero-order valence-electron chi connectivity index (χ0n) is 27.8. The minimum Gasteiger partial charge on any atom is -0.309 e. The van der Waals surface area contributed by atoms with Crippen LogP contribution in [0.25, 0.3) is 93.1 Å². The SMILES string of the molecule is CC(C)(C)c1cc2ccc3ccc(-c4ccc5c6ccc(-c7ccc8ccccc8n7)cc6n(-c6ccccc6)c5c4)c4ccc(c1)c2c34. The maximum absolute atomic E-state index is 5.03. The van der Waals surface area contributed by atoms with Gasteiger partial charge >= 0.3 is 0 Å². The summed E-state index contributed by atoms with van der Waals surface area (Å²) in [4.78, 5) is 5.03. The molecule has 2 aromatic heterocycles. The van der Waals surface area contributed by atoms with Crippen molar-refractivity contribution in [2.75, 3.05) is 0 Å². The van der Waals surface area contributed by atoms with E-state index in [2.05, 4.69) is 177 Å². The number of benzene rings is 8. The van der Waals surface area contributed by atoms with Gasteiger partial charge in [0.2, 0.25) is 0 Å². The van der Waals surface area contributed by atoms with Crippen LogP contribution in [0.15, 0.2) is 152 Å². The van der Waals surface area contributed by atoms with E-state index in [0.717, 1.165) is 27.8 Å². The lowest BCUT2D eigenvalue weighted by Crippen LogP contribution is -2.10. The van der Waals surface area contributed by atoms with Gasteiger partial charge in [-0.25, -0.2) is 4.98 Å². The zero-order chi connectivity index (χ0) is 32.9. The summed E-state index contributed by atoms with van der Waals surface area (Å²) < 4.78 is 2.42. The highest BCUT2D eigenvalue weighted by molar-refractivity contribution is 6.26. The highest BCUT2D eigenvalue weighted by atomic mass is 15.0. The van der Waals surface area contributed by atoms with E-state index in [0.29, 0.717) is 0 Å². The molecule has 0 aliphatic rings. The molecular weight excluding hydrogens is 593 g/mol. The fraction of sp³-hybridized carbons (Fsp3) is 0.0851. The first-order chi connectivity index (χ1) is 23.9. The summed E-state index contributed by atoms with van der Waals surface area (Å²) in [6, 6.07) is 55.8. The van der Waals surface area contributed by atoms with E-state index in [1.54, 1.807) is 0 Å². The Morgan fingerprint density at radius 1 is 0.469 bits per heavy atom. The van der Waals surface area contributed by atoms with E-state index >= 15 is 0 Å². The van der Waals surface area contributed by atoms with Crippen molar-refractivity contribution in [1.29, 1.82) is 0 Å². The van der Waals surface area contributed by atoms with Crippen molar-refractivity contribution in [2.24, 2.45) is 0 Å². The predicted octanol–water partition coefficient (Wildman–Crippen LogP) is 12.9. The lowest BCUT2D eigenvalue weighted by atomic mass is 9.83. The van der Waals surface area contributed by atoms with Gasteiger partial charge in [0.25, 0.3) is 0 Å². The Morgan fingerprint density at radius 3 is 1.86 bits per heavy atom. The first kappa shape index (κ1) is 28.1. The van der Waals surface area contributed by atoms with Crippen molar-refractivity contribution in [3.05, 3.63) is 157 Å². The third-order valence-corrected chi connectivity index (χ3v) is 10.5. The molecule has 0 bridgehead atoms. The quantitative estimate of drug-likeness (QED) is 0.178. The van der Waals surface area contributed by atoms with Crippen LogP contribution in [-0.2, 0) is 5.41 Å². The second-order valence-corrected chi connectivity index (χ2v) is 14.5. The van der Waals surface area contributed by atoms with Gasteiger partial charge in [0, 0.05) is 27.4 Å². The molecule has 0 amide bonds. The fourth-order valence-corrected chi connectivity index (χ4v) is 7.93. The van der Waals surface area contributed by atoms with Crippen LogP contribution < -0.4 is 0 Å². The Labute approximate surface area is 285 Å². The van der Waals surface area contributed by atoms with Crippen LogP contribution in [0.5, 0.6) is 0 Å². The third-order valence-electron chi connectivity index (χ3n) is 10.5. The maximum Gasteiger partial charge on any atom is 0.0710 e. The number of pyridine rings is 1. The fourth-order valence-electron chi connectivity index (χ4n) is 7.93. The Hall–Kier alpha value is -5.99. The normalized spacial score (nSPS) is 12.4. The molecule has 2 heteroatoms. The van der Waals surface area contributed by atoms with Crippen LogP contribution in [-0.4, -0.2) is 9.55 Å². The molecule has 0 unspecified atom stereocenters. The minimum absolute atomic E-state index is 0.0922. The molecule has 2 nitrogen and oxygen atoms in total. The van der Waals surface area contributed by atoms with Crippen LogP contribution in [0, 0.1) is 0 Å². The lowest BCUT2D eigenvalue weighted by molar-refractivity contribution is 0.591. The van der Waals surface area contributed by atoms with Gasteiger partial charge in [-0.3, -0.25) is 0 Å². The Bertz CT molecular complexity index is 2890. The van der Waals surface area contributed by atoms with Crippen LogP contribution in [0.3, 0.4) is 0 Å². The molecule has 0 fully saturated rings. The molecule has 232 valence electrons. The zero-order valence-corrected chi connectivity index (χ0v) is 27.8. The third kappa shape index (κ3) is 4.30. The second-order valence-electron chi connectivity index (χ2n) is 14.5. The molecule has 0 atom stereocenters. The molecule has 10 aromatic rings. The highest BCUT2D eigenvalue weighted by Crippen LogP contribution is 2.43. The van der Waals surface area contributed by atoms with Gasteiger partial charge in [0.1, 0.15) is 0 Å². The molecule has 10 rings (SSSR count). The molecule has 0 radical (unpaired) electrons. The summed E-state index contributed by atoms with van der Waals surface area (Å²) in [7, 11) is 0.